The molecule has 16 heavy (non-hydrogen) atoms. The molecule has 5 nitrogen and oxygen atoms in total. The largest absolute Gasteiger partial charge is 0.446 e. The molecular formula is C11H22N2O3. The highest BCUT2D eigenvalue weighted by Crippen LogP contribution is 2.00. The number of nitrogens with zero attached hydrogens (tertiary/aromatic N) is 1. The minimum Gasteiger partial charge on any atom is -0.446 e. The highest BCUT2D eigenvalue weighted by Gasteiger charge is 1.97. The van der Waals surface area contributed by atoms with Gasteiger partial charge in [0.2, 0.25) is 0 Å². The lowest BCUT2D eigenvalue weighted by molar-refractivity contribution is 0.0988. The molecule has 0 atom stereocenters. The van der Waals surface area contributed by atoms with Crippen molar-refractivity contribution in [3.8, 4) is 0 Å². The fourth-order valence-corrected chi connectivity index (χ4v) is 1.08. The Bertz CT molecular complexity index is 196. The van der Waals surface area contributed by atoms with Gasteiger partial charge in [-0.15, -0.1) is 0 Å². The first-order chi connectivity index (χ1) is 7.81. The Kier molecular flexibility index (Phi) is 11.1. The van der Waals surface area contributed by atoms with Crippen LogP contribution in [0.2, 0.25) is 0 Å². The van der Waals surface area contributed by atoms with E-state index < -0.39 is 6.09 Å². The van der Waals surface area contributed by atoms with Crippen molar-refractivity contribution >= 4 is 12.3 Å². The van der Waals surface area contributed by atoms with E-state index in [4.69, 9.17) is 9.47 Å². The summed E-state index contributed by atoms with van der Waals surface area (Å²) in [6.07, 6.45) is 6.84. The lowest BCUT2D eigenvalue weighted by atomic mass is 10.2. The number of nitrogens with one attached hydrogen (secondary N) is 1. The molecule has 0 aliphatic rings. The summed E-state index contributed by atoms with van der Waals surface area (Å²) >= 11 is 0. The fraction of sp³-hybridized carbons (Fsp3) is 0.818. The first kappa shape index (κ1) is 14.9. The van der Waals surface area contributed by atoms with Crippen LogP contribution in [0.3, 0.4) is 0 Å². The van der Waals surface area contributed by atoms with Crippen LogP contribution in [-0.4, -0.2) is 32.6 Å². The van der Waals surface area contributed by atoms with Crippen LogP contribution in [0.1, 0.15) is 39.0 Å². The Balaban J connectivity index is 3.27. The molecule has 0 unspecified atom stereocenters. The Hall–Kier alpha value is -1.10. The zero-order chi connectivity index (χ0) is 12.1. The van der Waals surface area contributed by atoms with Gasteiger partial charge in [0.25, 0.3) is 0 Å². The Morgan fingerprint density at radius 2 is 2.12 bits per heavy atom. The van der Waals surface area contributed by atoms with E-state index in [0.717, 1.165) is 12.8 Å². The van der Waals surface area contributed by atoms with E-state index in [1.165, 1.54) is 19.3 Å². The molecule has 0 saturated heterocycles. The second kappa shape index (κ2) is 12.0. The van der Waals surface area contributed by atoms with Gasteiger partial charge in [0.05, 0.1) is 6.61 Å². The molecule has 0 radical (unpaired) electrons. The Morgan fingerprint density at radius 1 is 1.31 bits per heavy atom. The highest BCUT2D eigenvalue weighted by atomic mass is 16.6. The van der Waals surface area contributed by atoms with Crippen LogP contribution >= 0.6 is 0 Å². The minimum atomic E-state index is -0.540. The zero-order valence-corrected chi connectivity index (χ0v) is 10.2. The number of hydrazone groups is 1. The fourth-order valence-electron chi connectivity index (χ4n) is 1.08. The molecule has 0 saturated carbocycles. The number of amides is 1. The summed E-state index contributed by atoms with van der Waals surface area (Å²) in [6.45, 7) is 2.81. The van der Waals surface area contributed by atoms with Crippen LogP contribution < -0.4 is 5.43 Å². The number of methoxy groups -OCH3 is 1. The van der Waals surface area contributed by atoms with Crippen molar-refractivity contribution < 1.29 is 14.3 Å². The third-order valence-electron chi connectivity index (χ3n) is 1.95. The van der Waals surface area contributed by atoms with Crippen LogP contribution in [0, 0.1) is 0 Å². The summed E-state index contributed by atoms with van der Waals surface area (Å²) in [5, 5.41) is 3.76. The summed E-state index contributed by atoms with van der Waals surface area (Å²) < 4.78 is 9.47. The summed E-state index contributed by atoms with van der Waals surface area (Å²) in [5.74, 6) is 0. The number of unbranched alkanes of at least 4 members (excludes halogenated alkanes) is 4. The predicted octanol–water partition coefficient (Wildman–Crippen LogP) is 2.32. The Morgan fingerprint density at radius 3 is 2.81 bits per heavy atom. The van der Waals surface area contributed by atoms with E-state index in [1.54, 1.807) is 13.3 Å². The number of carbonyl (C=O) groups excluding carboxylic acids is 1. The third-order valence-corrected chi connectivity index (χ3v) is 1.95. The average molecular weight is 230 g/mol. The maximum Gasteiger partial charge on any atom is 0.427 e. The molecule has 0 rings (SSSR count). The second-order valence-electron chi connectivity index (χ2n) is 3.40. The van der Waals surface area contributed by atoms with E-state index in [0.29, 0.717) is 6.61 Å². The summed E-state index contributed by atoms with van der Waals surface area (Å²) in [7, 11) is 1.55. The molecule has 1 N–H and O–H groups in total. The smallest absolute Gasteiger partial charge is 0.427 e. The van der Waals surface area contributed by atoms with E-state index in [-0.39, 0.29) is 6.61 Å². The van der Waals surface area contributed by atoms with Gasteiger partial charge < -0.3 is 9.47 Å². The van der Waals surface area contributed by atoms with Crippen molar-refractivity contribution in [3.63, 3.8) is 0 Å². The first-order valence-electron chi connectivity index (χ1n) is 5.74. The number of carbonyl (C=O) groups is 1. The van der Waals surface area contributed by atoms with Gasteiger partial charge in [-0.3, -0.25) is 0 Å². The van der Waals surface area contributed by atoms with Crippen LogP contribution in [-0.2, 0) is 9.47 Å². The van der Waals surface area contributed by atoms with E-state index in [9.17, 15) is 4.79 Å². The van der Waals surface area contributed by atoms with Crippen molar-refractivity contribution in [3.05, 3.63) is 0 Å². The molecule has 0 spiro atoms. The van der Waals surface area contributed by atoms with Gasteiger partial charge in [-0.1, -0.05) is 26.2 Å². The first-order valence-corrected chi connectivity index (χ1v) is 5.74. The standard InChI is InChI=1S/C11H22N2O3/c1-3-4-5-6-7-8-12-13-11(14)16-10-9-15-2/h8H,3-7,9-10H2,1-2H3,(H,13,14)/b12-8+. The SMILES string of the molecule is CCCCCC/C=N/NC(=O)OCCOC. The molecule has 0 aromatic heterocycles. The monoisotopic (exact) mass is 230 g/mol. The van der Waals surface area contributed by atoms with Gasteiger partial charge in [-0.2, -0.15) is 5.10 Å². The van der Waals surface area contributed by atoms with Crippen molar-refractivity contribution in [2.75, 3.05) is 20.3 Å². The molecular weight excluding hydrogens is 208 g/mol. The maximum absolute atomic E-state index is 11.0. The predicted molar refractivity (Wildman–Crippen MR) is 63.6 cm³/mol. The molecule has 1 amide bonds. The van der Waals surface area contributed by atoms with Gasteiger partial charge in [0, 0.05) is 13.3 Å². The number of hydrogen-bond acceptors (Lipinski definition) is 4. The van der Waals surface area contributed by atoms with Crippen molar-refractivity contribution in [2.45, 2.75) is 39.0 Å². The zero-order valence-electron chi connectivity index (χ0n) is 10.2. The summed E-state index contributed by atoms with van der Waals surface area (Å²) in [5.41, 5.74) is 2.29. The maximum atomic E-state index is 11.0. The third kappa shape index (κ3) is 11.0. The van der Waals surface area contributed by atoms with Crippen LogP contribution in [0.15, 0.2) is 5.10 Å². The quantitative estimate of drug-likeness (QED) is 0.375. The van der Waals surface area contributed by atoms with Crippen LogP contribution in [0.25, 0.3) is 0 Å². The van der Waals surface area contributed by atoms with Gasteiger partial charge in [-0.05, 0) is 12.8 Å². The lowest BCUT2D eigenvalue weighted by Crippen LogP contribution is -2.20. The molecule has 0 bridgehead atoms. The molecule has 0 heterocycles. The van der Waals surface area contributed by atoms with E-state index in [1.807, 2.05) is 0 Å². The molecule has 0 aromatic carbocycles. The molecule has 94 valence electrons. The van der Waals surface area contributed by atoms with Crippen LogP contribution in [0.5, 0.6) is 0 Å². The minimum absolute atomic E-state index is 0.244. The van der Waals surface area contributed by atoms with Crippen molar-refractivity contribution in [2.24, 2.45) is 5.10 Å². The number of hydrogen-bond donors (Lipinski definition) is 1. The summed E-state index contributed by atoms with van der Waals surface area (Å²) in [6, 6.07) is 0. The van der Waals surface area contributed by atoms with Crippen molar-refractivity contribution in [1.82, 2.24) is 5.43 Å². The normalized spacial score (nSPS) is 10.6. The Labute approximate surface area is 97.2 Å². The molecule has 0 aromatic rings. The molecule has 0 aliphatic carbocycles. The topological polar surface area (TPSA) is 59.9 Å². The average Bonchev–Trinajstić information content (AvgIpc) is 2.28. The molecule has 0 fully saturated rings. The van der Waals surface area contributed by atoms with Gasteiger partial charge >= 0.3 is 6.09 Å². The number of rotatable bonds is 9. The van der Waals surface area contributed by atoms with E-state index >= 15 is 0 Å². The second-order valence-corrected chi connectivity index (χ2v) is 3.40. The van der Waals surface area contributed by atoms with Crippen LogP contribution in [0.4, 0.5) is 4.79 Å². The van der Waals surface area contributed by atoms with E-state index in [2.05, 4.69) is 17.5 Å². The van der Waals surface area contributed by atoms with Crippen molar-refractivity contribution in [1.29, 1.82) is 0 Å². The lowest BCUT2D eigenvalue weighted by Gasteiger charge is -2.01. The van der Waals surface area contributed by atoms with Gasteiger partial charge in [-0.25, -0.2) is 10.2 Å². The summed E-state index contributed by atoms with van der Waals surface area (Å²) in [4.78, 5) is 11.0. The number of ether oxygens (including phenoxy) is 2. The molecule has 5 heteroatoms. The highest BCUT2D eigenvalue weighted by molar-refractivity contribution is 5.68. The van der Waals surface area contributed by atoms with Gasteiger partial charge in [0.15, 0.2) is 0 Å². The van der Waals surface area contributed by atoms with Gasteiger partial charge in [0.1, 0.15) is 6.61 Å². The molecule has 0 aliphatic heterocycles.